The fourth-order valence-electron chi connectivity index (χ4n) is 2.21. The molecule has 0 radical (unpaired) electrons. The van der Waals surface area contributed by atoms with Gasteiger partial charge in [0, 0.05) is 5.41 Å². The van der Waals surface area contributed by atoms with Crippen molar-refractivity contribution in [1.82, 2.24) is 0 Å². The maximum absolute atomic E-state index is 6.19. The molecule has 0 spiro atoms. The van der Waals surface area contributed by atoms with Gasteiger partial charge < -0.3 is 4.74 Å². The van der Waals surface area contributed by atoms with E-state index in [1.54, 1.807) is 0 Å². The predicted molar refractivity (Wildman–Crippen MR) is 76.5 cm³/mol. The van der Waals surface area contributed by atoms with Crippen LogP contribution in [0.4, 0.5) is 0 Å². The van der Waals surface area contributed by atoms with E-state index in [9.17, 15) is 0 Å². The summed E-state index contributed by atoms with van der Waals surface area (Å²) in [5.41, 5.74) is 1.33. The highest BCUT2D eigenvalue weighted by Gasteiger charge is 2.29. The van der Waals surface area contributed by atoms with Crippen molar-refractivity contribution in [3.63, 3.8) is 0 Å². The highest BCUT2D eigenvalue weighted by Crippen LogP contribution is 2.30. The third-order valence-electron chi connectivity index (χ3n) is 3.61. The molecule has 0 aliphatic carbocycles. The van der Waals surface area contributed by atoms with Crippen molar-refractivity contribution in [2.45, 2.75) is 38.9 Å². The van der Waals surface area contributed by atoms with Crippen LogP contribution in [0.15, 0.2) is 55.1 Å². The zero-order valence-corrected chi connectivity index (χ0v) is 11.3. The molecular formula is C17H22O. The van der Waals surface area contributed by atoms with Crippen LogP contribution in [0.5, 0.6) is 0 Å². The molecule has 1 heterocycles. The summed E-state index contributed by atoms with van der Waals surface area (Å²) in [4.78, 5) is 0. The van der Waals surface area contributed by atoms with E-state index in [0.717, 1.165) is 12.8 Å². The van der Waals surface area contributed by atoms with Gasteiger partial charge in [0.15, 0.2) is 0 Å². The van der Waals surface area contributed by atoms with Gasteiger partial charge in [-0.05, 0) is 18.4 Å². The van der Waals surface area contributed by atoms with Crippen LogP contribution >= 0.6 is 0 Å². The van der Waals surface area contributed by atoms with Crippen molar-refractivity contribution in [3.8, 4) is 0 Å². The van der Waals surface area contributed by atoms with Crippen LogP contribution in [0.2, 0.25) is 0 Å². The molecule has 0 saturated carbocycles. The number of rotatable bonds is 4. The predicted octanol–water partition coefficient (Wildman–Crippen LogP) is 4.16. The van der Waals surface area contributed by atoms with Gasteiger partial charge in [0.1, 0.15) is 0 Å². The minimum atomic E-state index is -0.00808. The number of hydrogen-bond donors (Lipinski definition) is 0. The van der Waals surface area contributed by atoms with Crippen molar-refractivity contribution in [2.24, 2.45) is 5.41 Å². The van der Waals surface area contributed by atoms with Crippen LogP contribution in [0.25, 0.3) is 0 Å². The van der Waals surface area contributed by atoms with Gasteiger partial charge in [-0.15, -0.1) is 6.58 Å². The molecule has 96 valence electrons. The van der Waals surface area contributed by atoms with Crippen molar-refractivity contribution in [2.75, 3.05) is 0 Å². The maximum atomic E-state index is 6.19. The molecule has 1 aromatic carbocycles. The fourth-order valence-corrected chi connectivity index (χ4v) is 2.21. The van der Waals surface area contributed by atoms with Gasteiger partial charge in [0.25, 0.3) is 0 Å². The summed E-state index contributed by atoms with van der Waals surface area (Å²) in [5, 5.41) is 0. The Labute approximate surface area is 110 Å². The van der Waals surface area contributed by atoms with Gasteiger partial charge in [-0.1, -0.05) is 62.4 Å². The molecule has 0 saturated heterocycles. The third kappa shape index (κ3) is 3.11. The Morgan fingerprint density at radius 2 is 2.06 bits per heavy atom. The number of hydrogen-bond acceptors (Lipinski definition) is 1. The lowest BCUT2D eigenvalue weighted by atomic mass is 9.84. The first-order chi connectivity index (χ1) is 8.62. The summed E-state index contributed by atoms with van der Waals surface area (Å²) in [6.07, 6.45) is 8.79. The molecule has 0 N–H and O–H groups in total. The normalized spacial score (nSPS) is 23.9. The molecule has 1 nitrogen and oxygen atoms in total. The van der Waals surface area contributed by atoms with Crippen LogP contribution in [-0.4, -0.2) is 12.2 Å². The monoisotopic (exact) mass is 242 g/mol. The first-order valence-corrected chi connectivity index (χ1v) is 6.61. The second-order valence-electron chi connectivity index (χ2n) is 5.56. The Balaban J connectivity index is 2.01. The first kappa shape index (κ1) is 13.1. The average molecular weight is 242 g/mol. The molecule has 2 atom stereocenters. The summed E-state index contributed by atoms with van der Waals surface area (Å²) in [6.45, 7) is 8.24. The lowest BCUT2D eigenvalue weighted by molar-refractivity contribution is -0.0357. The van der Waals surface area contributed by atoms with Gasteiger partial charge in [-0.2, -0.15) is 0 Å². The van der Waals surface area contributed by atoms with Crippen molar-refractivity contribution >= 4 is 0 Å². The molecule has 1 aromatic rings. The van der Waals surface area contributed by atoms with Gasteiger partial charge in [0.2, 0.25) is 0 Å². The zero-order valence-electron chi connectivity index (χ0n) is 11.3. The minimum Gasteiger partial charge on any atom is -0.369 e. The molecule has 0 fully saturated rings. The molecule has 1 aliphatic rings. The highest BCUT2D eigenvalue weighted by atomic mass is 16.5. The average Bonchev–Trinajstić information content (AvgIpc) is 2.40. The van der Waals surface area contributed by atoms with E-state index in [0.29, 0.717) is 0 Å². The van der Waals surface area contributed by atoms with E-state index in [2.05, 4.69) is 62.9 Å². The van der Waals surface area contributed by atoms with Crippen molar-refractivity contribution < 1.29 is 4.74 Å². The van der Waals surface area contributed by atoms with Crippen LogP contribution in [0.3, 0.4) is 0 Å². The summed E-state index contributed by atoms with van der Waals surface area (Å²) in [5.74, 6) is 0. The van der Waals surface area contributed by atoms with Gasteiger partial charge in [-0.3, -0.25) is 0 Å². The molecule has 18 heavy (non-hydrogen) atoms. The summed E-state index contributed by atoms with van der Waals surface area (Å²) < 4.78 is 6.19. The summed E-state index contributed by atoms with van der Waals surface area (Å²) >= 11 is 0. The SMILES string of the molecule is C=CC(C)(C)[C@H]1C=CC[C@@H](Cc2ccccc2)O1. The Kier molecular flexibility index (Phi) is 4.03. The molecule has 0 aromatic heterocycles. The van der Waals surface area contributed by atoms with E-state index in [1.807, 2.05) is 6.08 Å². The lowest BCUT2D eigenvalue weighted by Gasteiger charge is -2.35. The molecular weight excluding hydrogens is 220 g/mol. The van der Waals surface area contributed by atoms with Gasteiger partial charge >= 0.3 is 0 Å². The standard InChI is InChI=1S/C17H22O/c1-4-17(2,3)16-12-8-11-15(18-16)13-14-9-6-5-7-10-14/h4-10,12,15-16H,1,11,13H2,2-3H3/t15-,16+/m0/s1. The highest BCUT2D eigenvalue weighted by molar-refractivity contribution is 5.17. The zero-order chi connectivity index (χ0) is 13.0. The smallest absolute Gasteiger partial charge is 0.0845 e. The van der Waals surface area contributed by atoms with E-state index in [4.69, 9.17) is 4.74 Å². The molecule has 0 amide bonds. The second kappa shape index (κ2) is 5.53. The molecule has 1 heteroatoms. The van der Waals surface area contributed by atoms with E-state index in [-0.39, 0.29) is 17.6 Å². The van der Waals surface area contributed by atoms with E-state index < -0.39 is 0 Å². The first-order valence-electron chi connectivity index (χ1n) is 6.61. The summed E-state index contributed by atoms with van der Waals surface area (Å²) in [7, 11) is 0. The van der Waals surface area contributed by atoms with Crippen molar-refractivity contribution in [3.05, 3.63) is 60.7 Å². The van der Waals surface area contributed by atoms with E-state index >= 15 is 0 Å². The third-order valence-corrected chi connectivity index (χ3v) is 3.61. The molecule has 0 unspecified atom stereocenters. The minimum absolute atomic E-state index is 0.00808. The molecule has 1 aliphatic heterocycles. The Morgan fingerprint density at radius 3 is 2.72 bits per heavy atom. The largest absolute Gasteiger partial charge is 0.369 e. The van der Waals surface area contributed by atoms with Crippen LogP contribution in [0.1, 0.15) is 25.8 Å². The lowest BCUT2D eigenvalue weighted by Crippen LogP contribution is -2.35. The van der Waals surface area contributed by atoms with Crippen LogP contribution in [-0.2, 0) is 11.2 Å². The van der Waals surface area contributed by atoms with E-state index in [1.165, 1.54) is 5.56 Å². The molecule has 2 rings (SSSR count). The maximum Gasteiger partial charge on any atom is 0.0845 e. The van der Waals surface area contributed by atoms with Crippen molar-refractivity contribution in [1.29, 1.82) is 0 Å². The Morgan fingerprint density at radius 1 is 1.33 bits per heavy atom. The number of ether oxygens (including phenoxy) is 1. The van der Waals surface area contributed by atoms with Gasteiger partial charge in [0.05, 0.1) is 12.2 Å². The van der Waals surface area contributed by atoms with Crippen LogP contribution in [0, 0.1) is 5.41 Å². The Bertz CT molecular complexity index is 416. The second-order valence-corrected chi connectivity index (χ2v) is 5.56. The quantitative estimate of drug-likeness (QED) is 0.720. The fraction of sp³-hybridized carbons (Fsp3) is 0.412. The molecule has 0 bridgehead atoms. The Hall–Kier alpha value is -1.34. The summed E-state index contributed by atoms with van der Waals surface area (Å²) in [6, 6.07) is 10.5. The van der Waals surface area contributed by atoms with Crippen LogP contribution < -0.4 is 0 Å². The van der Waals surface area contributed by atoms with Gasteiger partial charge in [-0.25, -0.2) is 0 Å². The topological polar surface area (TPSA) is 9.23 Å². The number of benzene rings is 1.